The van der Waals surface area contributed by atoms with Crippen molar-refractivity contribution in [2.75, 3.05) is 7.11 Å². The molecular weight excluding hydrogens is 250 g/mol. The Balaban J connectivity index is 1.48. The van der Waals surface area contributed by atoms with Crippen molar-refractivity contribution in [3.05, 3.63) is 47.8 Å². The van der Waals surface area contributed by atoms with Crippen LogP contribution in [0.4, 0.5) is 0 Å². The van der Waals surface area contributed by atoms with Gasteiger partial charge in [-0.2, -0.15) is 5.10 Å². The molecule has 106 valence electrons. The van der Waals surface area contributed by atoms with Gasteiger partial charge in [-0.05, 0) is 36.5 Å². The summed E-state index contributed by atoms with van der Waals surface area (Å²) in [7, 11) is 3.67. The molecule has 0 saturated heterocycles. The highest BCUT2D eigenvalue weighted by atomic mass is 16.5. The summed E-state index contributed by atoms with van der Waals surface area (Å²) < 4.78 is 7.13. The van der Waals surface area contributed by atoms with Gasteiger partial charge in [-0.25, -0.2) is 0 Å². The molecule has 0 bridgehead atoms. The van der Waals surface area contributed by atoms with Gasteiger partial charge in [0.05, 0.1) is 13.3 Å². The summed E-state index contributed by atoms with van der Waals surface area (Å²) in [5.74, 6) is 1.62. The Hall–Kier alpha value is -1.81. The Bertz CT molecular complexity index is 573. The van der Waals surface area contributed by atoms with Crippen molar-refractivity contribution in [2.24, 2.45) is 7.05 Å². The van der Waals surface area contributed by atoms with E-state index in [1.54, 1.807) is 7.11 Å². The van der Waals surface area contributed by atoms with E-state index in [0.29, 0.717) is 12.0 Å². The van der Waals surface area contributed by atoms with Crippen LogP contribution in [-0.2, 0) is 13.6 Å². The molecule has 1 N–H and O–H groups in total. The van der Waals surface area contributed by atoms with Crippen molar-refractivity contribution in [2.45, 2.75) is 31.3 Å². The quantitative estimate of drug-likeness (QED) is 0.908. The van der Waals surface area contributed by atoms with Gasteiger partial charge in [-0.15, -0.1) is 0 Å². The van der Waals surface area contributed by atoms with Gasteiger partial charge in [0.25, 0.3) is 0 Å². The van der Waals surface area contributed by atoms with Crippen LogP contribution < -0.4 is 10.1 Å². The summed E-state index contributed by atoms with van der Waals surface area (Å²) in [4.78, 5) is 0. The third-order valence-corrected chi connectivity index (χ3v) is 4.06. The smallest absolute Gasteiger partial charge is 0.119 e. The van der Waals surface area contributed by atoms with Crippen molar-refractivity contribution < 1.29 is 4.74 Å². The highest BCUT2D eigenvalue weighted by Gasteiger charge is 2.29. The lowest BCUT2D eigenvalue weighted by Gasteiger charge is -2.36. The van der Waals surface area contributed by atoms with Gasteiger partial charge in [0.1, 0.15) is 5.75 Å². The molecule has 4 nitrogen and oxygen atoms in total. The fraction of sp³-hybridized carbons (Fsp3) is 0.438. The van der Waals surface area contributed by atoms with Crippen molar-refractivity contribution in [1.82, 2.24) is 15.1 Å². The van der Waals surface area contributed by atoms with Gasteiger partial charge in [0.15, 0.2) is 0 Å². The molecule has 0 radical (unpaired) electrons. The predicted molar refractivity (Wildman–Crippen MR) is 78.8 cm³/mol. The monoisotopic (exact) mass is 271 g/mol. The number of nitrogens with one attached hydrogen (secondary N) is 1. The second kappa shape index (κ2) is 5.67. The number of hydrogen-bond donors (Lipinski definition) is 1. The molecule has 0 spiro atoms. The molecule has 1 saturated carbocycles. The van der Waals surface area contributed by atoms with Gasteiger partial charge in [0.2, 0.25) is 0 Å². The number of nitrogens with zero attached hydrogens (tertiary/aromatic N) is 2. The first-order valence-electron chi connectivity index (χ1n) is 7.09. The molecule has 0 aliphatic heterocycles. The van der Waals surface area contributed by atoms with E-state index in [1.807, 2.05) is 24.0 Å². The third-order valence-electron chi connectivity index (χ3n) is 4.06. The van der Waals surface area contributed by atoms with Crippen LogP contribution in [0.15, 0.2) is 36.7 Å². The van der Waals surface area contributed by atoms with Crippen LogP contribution in [0, 0.1) is 0 Å². The van der Waals surface area contributed by atoms with Crippen LogP contribution in [0.3, 0.4) is 0 Å². The first-order valence-corrected chi connectivity index (χ1v) is 7.09. The molecule has 1 aromatic carbocycles. The molecule has 2 aromatic rings. The maximum Gasteiger partial charge on any atom is 0.119 e. The molecular formula is C16H21N3O. The highest BCUT2D eigenvalue weighted by molar-refractivity contribution is 5.32. The molecule has 1 fully saturated rings. The zero-order valence-corrected chi connectivity index (χ0v) is 12.0. The van der Waals surface area contributed by atoms with Crippen LogP contribution in [0.1, 0.15) is 29.9 Å². The van der Waals surface area contributed by atoms with Crippen molar-refractivity contribution >= 4 is 0 Å². The Morgan fingerprint density at radius 2 is 2.25 bits per heavy atom. The van der Waals surface area contributed by atoms with E-state index < -0.39 is 0 Å². The first kappa shape index (κ1) is 13.2. The first-order chi connectivity index (χ1) is 9.74. The summed E-state index contributed by atoms with van der Waals surface area (Å²) >= 11 is 0. The molecule has 1 heterocycles. The number of ether oxygens (including phenoxy) is 1. The lowest BCUT2D eigenvalue weighted by Crippen LogP contribution is -2.39. The molecule has 0 atom stereocenters. The normalized spacial score (nSPS) is 21.5. The van der Waals surface area contributed by atoms with E-state index in [0.717, 1.165) is 12.3 Å². The van der Waals surface area contributed by atoms with Crippen molar-refractivity contribution in [3.63, 3.8) is 0 Å². The minimum absolute atomic E-state index is 0.617. The summed E-state index contributed by atoms with van der Waals surface area (Å²) in [5, 5.41) is 7.78. The molecule has 20 heavy (non-hydrogen) atoms. The Kier molecular flexibility index (Phi) is 3.74. The summed E-state index contributed by atoms with van der Waals surface area (Å²) in [6.45, 7) is 0.906. The number of methoxy groups -OCH3 is 1. The Labute approximate surface area is 119 Å². The van der Waals surface area contributed by atoms with E-state index in [4.69, 9.17) is 4.74 Å². The molecule has 1 aromatic heterocycles. The van der Waals surface area contributed by atoms with E-state index >= 15 is 0 Å². The number of hydrogen-bond acceptors (Lipinski definition) is 3. The van der Waals surface area contributed by atoms with Gasteiger partial charge < -0.3 is 10.1 Å². The Morgan fingerprint density at radius 3 is 2.95 bits per heavy atom. The zero-order valence-electron chi connectivity index (χ0n) is 12.0. The maximum atomic E-state index is 5.28. The summed E-state index contributed by atoms with van der Waals surface area (Å²) in [6, 6.07) is 9.05. The SMILES string of the molecule is COc1cccc(C2CC(NCc3cnn(C)c3)C2)c1. The number of aryl methyl sites for hydroxylation is 1. The number of benzene rings is 1. The molecule has 0 unspecified atom stereocenters. The molecule has 0 amide bonds. The average Bonchev–Trinajstić information content (AvgIpc) is 2.83. The van der Waals surface area contributed by atoms with Crippen molar-refractivity contribution in [3.8, 4) is 5.75 Å². The summed E-state index contributed by atoms with van der Waals surface area (Å²) in [6.07, 6.45) is 6.39. The van der Waals surface area contributed by atoms with Crippen LogP contribution in [0.5, 0.6) is 5.75 Å². The number of aromatic nitrogens is 2. The van der Waals surface area contributed by atoms with Gasteiger partial charge in [-0.1, -0.05) is 12.1 Å². The van der Waals surface area contributed by atoms with E-state index in [2.05, 4.69) is 34.8 Å². The Morgan fingerprint density at radius 1 is 1.40 bits per heavy atom. The lowest BCUT2D eigenvalue weighted by molar-refractivity contribution is 0.289. The van der Waals surface area contributed by atoms with E-state index in [9.17, 15) is 0 Å². The zero-order chi connectivity index (χ0) is 13.9. The molecule has 4 heteroatoms. The molecule has 1 aliphatic carbocycles. The van der Waals surface area contributed by atoms with Crippen LogP contribution in [0.2, 0.25) is 0 Å². The molecule has 1 aliphatic rings. The van der Waals surface area contributed by atoms with Crippen LogP contribution in [-0.4, -0.2) is 22.9 Å². The minimum Gasteiger partial charge on any atom is -0.497 e. The third kappa shape index (κ3) is 2.85. The van der Waals surface area contributed by atoms with Crippen LogP contribution >= 0.6 is 0 Å². The standard InChI is InChI=1S/C16H21N3O/c1-19-11-12(10-18-19)9-17-15-6-14(7-15)13-4-3-5-16(8-13)20-2/h3-5,8,10-11,14-15,17H,6-7,9H2,1-2H3. The second-order valence-corrected chi connectivity index (χ2v) is 5.55. The molecule has 3 rings (SSSR count). The largest absolute Gasteiger partial charge is 0.497 e. The average molecular weight is 271 g/mol. The van der Waals surface area contributed by atoms with E-state index in [-0.39, 0.29) is 0 Å². The minimum atomic E-state index is 0.617. The predicted octanol–water partition coefficient (Wildman–Crippen LogP) is 2.46. The topological polar surface area (TPSA) is 39.1 Å². The maximum absolute atomic E-state index is 5.28. The van der Waals surface area contributed by atoms with Crippen molar-refractivity contribution in [1.29, 1.82) is 0 Å². The van der Waals surface area contributed by atoms with Crippen LogP contribution in [0.25, 0.3) is 0 Å². The fourth-order valence-electron chi connectivity index (χ4n) is 2.78. The van der Waals surface area contributed by atoms with Gasteiger partial charge in [-0.3, -0.25) is 4.68 Å². The lowest BCUT2D eigenvalue weighted by atomic mass is 9.76. The fourth-order valence-corrected chi connectivity index (χ4v) is 2.78. The number of rotatable bonds is 5. The summed E-state index contributed by atoms with van der Waals surface area (Å²) in [5.41, 5.74) is 2.64. The van der Waals surface area contributed by atoms with E-state index in [1.165, 1.54) is 24.0 Å². The van der Waals surface area contributed by atoms with Gasteiger partial charge >= 0.3 is 0 Å². The second-order valence-electron chi connectivity index (χ2n) is 5.55. The van der Waals surface area contributed by atoms with Gasteiger partial charge in [0, 0.05) is 31.4 Å². The highest BCUT2D eigenvalue weighted by Crippen LogP contribution is 2.38.